The number of aldehydes is 1. The predicted molar refractivity (Wildman–Crippen MR) is 52.0 cm³/mol. The van der Waals surface area contributed by atoms with Gasteiger partial charge in [0, 0.05) is 5.92 Å². The zero-order valence-electron chi connectivity index (χ0n) is 7.72. The van der Waals surface area contributed by atoms with Gasteiger partial charge < -0.3 is 9.90 Å². The molecule has 1 unspecified atom stereocenters. The minimum atomic E-state index is -0.932. The first-order valence-corrected chi connectivity index (χ1v) is 4.43. The van der Waals surface area contributed by atoms with Crippen molar-refractivity contribution in [2.24, 2.45) is 5.92 Å². The number of aliphatic carboxylic acids is 1. The summed E-state index contributed by atoms with van der Waals surface area (Å²) in [5.74, 6) is -1.35. The average Bonchev–Trinajstić information content (AvgIpc) is 2.17. The van der Waals surface area contributed by atoms with Crippen molar-refractivity contribution in [3.8, 4) is 0 Å². The molecular weight excluding hydrogens is 180 g/mol. The lowest BCUT2D eigenvalue weighted by Crippen LogP contribution is -2.11. The van der Waals surface area contributed by atoms with E-state index in [4.69, 9.17) is 5.11 Å². The molecule has 74 valence electrons. The highest BCUT2D eigenvalue weighted by molar-refractivity contribution is 5.72. The summed E-state index contributed by atoms with van der Waals surface area (Å²) in [7, 11) is 0. The van der Waals surface area contributed by atoms with Gasteiger partial charge in [0.25, 0.3) is 0 Å². The van der Waals surface area contributed by atoms with Gasteiger partial charge in [0.05, 0.1) is 6.42 Å². The first-order chi connectivity index (χ1) is 6.72. The molecule has 0 amide bonds. The molecule has 14 heavy (non-hydrogen) atoms. The Bertz CT molecular complexity index is 306. The molecule has 1 rings (SSSR count). The molecule has 0 aromatic heterocycles. The standard InChI is InChI=1S/C11H12O3/c12-8-10(7-11(13)14)6-9-4-2-1-3-5-9/h1-5,8,10H,6-7H2,(H,13,14). The summed E-state index contributed by atoms with van der Waals surface area (Å²) in [6.07, 6.45) is 1.11. The molecule has 0 heterocycles. The molecule has 0 saturated carbocycles. The maximum Gasteiger partial charge on any atom is 0.304 e. The van der Waals surface area contributed by atoms with Crippen LogP contribution >= 0.6 is 0 Å². The van der Waals surface area contributed by atoms with Gasteiger partial charge in [0.2, 0.25) is 0 Å². The molecule has 0 bridgehead atoms. The average molecular weight is 192 g/mol. The zero-order valence-corrected chi connectivity index (χ0v) is 7.72. The van der Waals surface area contributed by atoms with E-state index >= 15 is 0 Å². The number of hydrogen-bond donors (Lipinski definition) is 1. The Labute approximate surface area is 82.4 Å². The lowest BCUT2D eigenvalue weighted by molar-refractivity contribution is -0.139. The second-order valence-corrected chi connectivity index (χ2v) is 3.18. The molecule has 1 N–H and O–H groups in total. The maximum absolute atomic E-state index is 10.6. The fourth-order valence-electron chi connectivity index (χ4n) is 1.31. The predicted octanol–water partition coefficient (Wildman–Crippen LogP) is 1.52. The topological polar surface area (TPSA) is 54.4 Å². The van der Waals surface area contributed by atoms with Gasteiger partial charge in [-0.2, -0.15) is 0 Å². The van der Waals surface area contributed by atoms with Crippen molar-refractivity contribution < 1.29 is 14.7 Å². The molecule has 0 fully saturated rings. The Morgan fingerprint density at radius 3 is 2.50 bits per heavy atom. The zero-order chi connectivity index (χ0) is 10.4. The van der Waals surface area contributed by atoms with E-state index in [2.05, 4.69) is 0 Å². The number of rotatable bonds is 5. The van der Waals surface area contributed by atoms with Crippen LogP contribution in [0, 0.1) is 5.92 Å². The van der Waals surface area contributed by atoms with Crippen molar-refractivity contribution in [2.45, 2.75) is 12.8 Å². The van der Waals surface area contributed by atoms with Crippen LogP contribution in [0.2, 0.25) is 0 Å². The van der Waals surface area contributed by atoms with Crippen molar-refractivity contribution in [1.82, 2.24) is 0 Å². The SMILES string of the molecule is O=CC(CC(=O)O)Cc1ccccc1. The van der Waals surface area contributed by atoms with E-state index in [1.54, 1.807) is 0 Å². The number of benzene rings is 1. The summed E-state index contributed by atoms with van der Waals surface area (Å²) < 4.78 is 0. The van der Waals surface area contributed by atoms with Crippen molar-refractivity contribution in [3.05, 3.63) is 35.9 Å². The Morgan fingerprint density at radius 1 is 1.36 bits per heavy atom. The summed E-state index contributed by atoms with van der Waals surface area (Å²) in [5, 5.41) is 8.53. The van der Waals surface area contributed by atoms with E-state index in [1.807, 2.05) is 30.3 Å². The van der Waals surface area contributed by atoms with Crippen molar-refractivity contribution in [2.75, 3.05) is 0 Å². The third kappa shape index (κ3) is 3.39. The van der Waals surface area contributed by atoms with Gasteiger partial charge in [-0.3, -0.25) is 4.79 Å². The van der Waals surface area contributed by atoms with Gasteiger partial charge in [-0.1, -0.05) is 30.3 Å². The number of carbonyl (C=O) groups excluding carboxylic acids is 1. The van der Waals surface area contributed by atoms with Crippen LogP contribution in [0.4, 0.5) is 0 Å². The van der Waals surface area contributed by atoms with E-state index in [-0.39, 0.29) is 6.42 Å². The molecule has 0 spiro atoms. The molecule has 1 atom stereocenters. The summed E-state index contributed by atoms with van der Waals surface area (Å²) >= 11 is 0. The quantitative estimate of drug-likeness (QED) is 0.719. The Morgan fingerprint density at radius 2 is 2.00 bits per heavy atom. The van der Waals surface area contributed by atoms with E-state index in [0.29, 0.717) is 12.7 Å². The lowest BCUT2D eigenvalue weighted by Gasteiger charge is -2.06. The van der Waals surface area contributed by atoms with Gasteiger partial charge in [-0.05, 0) is 12.0 Å². The summed E-state index contributed by atoms with van der Waals surface area (Å²) in [5.41, 5.74) is 0.992. The lowest BCUT2D eigenvalue weighted by atomic mass is 9.98. The molecule has 3 nitrogen and oxygen atoms in total. The van der Waals surface area contributed by atoms with Crippen LogP contribution in [0.1, 0.15) is 12.0 Å². The fraction of sp³-hybridized carbons (Fsp3) is 0.273. The second kappa shape index (κ2) is 5.17. The molecule has 1 aromatic rings. The van der Waals surface area contributed by atoms with Gasteiger partial charge in [-0.25, -0.2) is 0 Å². The highest BCUT2D eigenvalue weighted by atomic mass is 16.4. The second-order valence-electron chi connectivity index (χ2n) is 3.18. The van der Waals surface area contributed by atoms with E-state index in [9.17, 15) is 9.59 Å². The molecule has 3 heteroatoms. The minimum absolute atomic E-state index is 0.0988. The smallest absolute Gasteiger partial charge is 0.304 e. The van der Waals surface area contributed by atoms with Crippen LogP contribution in [0.3, 0.4) is 0 Å². The number of carboxylic acids is 1. The van der Waals surface area contributed by atoms with Crippen molar-refractivity contribution in [1.29, 1.82) is 0 Å². The molecule has 0 aliphatic carbocycles. The van der Waals surface area contributed by atoms with E-state index in [0.717, 1.165) is 5.56 Å². The van der Waals surface area contributed by atoms with Gasteiger partial charge in [-0.15, -0.1) is 0 Å². The third-order valence-corrected chi connectivity index (χ3v) is 1.97. The highest BCUT2D eigenvalue weighted by Crippen LogP contribution is 2.09. The Hall–Kier alpha value is -1.64. The van der Waals surface area contributed by atoms with Gasteiger partial charge in [0.15, 0.2) is 0 Å². The minimum Gasteiger partial charge on any atom is -0.481 e. The maximum atomic E-state index is 10.6. The number of carbonyl (C=O) groups is 2. The van der Waals surface area contributed by atoms with Crippen LogP contribution in [0.15, 0.2) is 30.3 Å². The fourth-order valence-corrected chi connectivity index (χ4v) is 1.31. The molecule has 0 aliphatic heterocycles. The van der Waals surface area contributed by atoms with Crippen LogP contribution in [-0.2, 0) is 16.0 Å². The Balaban J connectivity index is 2.57. The summed E-state index contributed by atoms with van der Waals surface area (Å²) in [6.45, 7) is 0. The van der Waals surface area contributed by atoms with Crippen LogP contribution in [0.5, 0.6) is 0 Å². The van der Waals surface area contributed by atoms with Gasteiger partial charge >= 0.3 is 5.97 Å². The van der Waals surface area contributed by atoms with Crippen LogP contribution < -0.4 is 0 Å². The van der Waals surface area contributed by atoms with Crippen molar-refractivity contribution >= 4 is 12.3 Å². The van der Waals surface area contributed by atoms with Crippen LogP contribution in [-0.4, -0.2) is 17.4 Å². The number of hydrogen-bond acceptors (Lipinski definition) is 2. The van der Waals surface area contributed by atoms with Gasteiger partial charge in [0.1, 0.15) is 6.29 Å². The number of carboxylic acid groups (broad SMARTS) is 1. The first kappa shape index (κ1) is 10.4. The summed E-state index contributed by atoms with van der Waals surface area (Å²) in [6, 6.07) is 9.41. The highest BCUT2D eigenvalue weighted by Gasteiger charge is 2.12. The molecule has 0 saturated heterocycles. The molecule has 0 radical (unpaired) electrons. The van der Waals surface area contributed by atoms with E-state index in [1.165, 1.54) is 0 Å². The molecule has 0 aliphatic rings. The van der Waals surface area contributed by atoms with Crippen LogP contribution in [0.25, 0.3) is 0 Å². The summed E-state index contributed by atoms with van der Waals surface area (Å²) in [4.78, 5) is 21.0. The first-order valence-electron chi connectivity index (χ1n) is 4.43. The Kier molecular flexibility index (Phi) is 3.85. The molecular formula is C11H12O3. The largest absolute Gasteiger partial charge is 0.481 e. The van der Waals surface area contributed by atoms with Crippen molar-refractivity contribution in [3.63, 3.8) is 0 Å². The normalized spacial score (nSPS) is 12.0. The van der Waals surface area contributed by atoms with E-state index < -0.39 is 11.9 Å². The third-order valence-electron chi connectivity index (χ3n) is 1.97. The molecule has 1 aromatic carbocycles. The monoisotopic (exact) mass is 192 g/mol.